The Bertz CT molecular complexity index is 1110. The van der Waals surface area contributed by atoms with Gasteiger partial charge in [0.25, 0.3) is 0 Å². The van der Waals surface area contributed by atoms with Gasteiger partial charge in [0.15, 0.2) is 12.0 Å². The molecule has 178 valence electrons. The summed E-state index contributed by atoms with van der Waals surface area (Å²) in [5, 5.41) is 23.3. The van der Waals surface area contributed by atoms with E-state index in [0.29, 0.717) is 29.4 Å². The minimum atomic E-state index is -1.40. The Hall–Kier alpha value is -1.98. The van der Waals surface area contributed by atoms with Gasteiger partial charge in [-0.05, 0) is 43.5 Å². The number of ether oxygens (including phenoxy) is 1. The van der Waals surface area contributed by atoms with Crippen LogP contribution in [-0.2, 0) is 16.1 Å². The third-order valence-corrected chi connectivity index (χ3v) is 5.98. The number of hydrogen-bond acceptors (Lipinski definition) is 7. The number of anilines is 2. The molecule has 1 fully saturated rings. The molecule has 3 aromatic rings. The first-order chi connectivity index (χ1) is 16.0. The average Bonchev–Trinajstić information content (AvgIpc) is 3.20. The molecular weight excluding hydrogens is 474 g/mol. The molecular formula is C22H25Cl2FN4O4. The molecule has 0 bridgehead atoms. The summed E-state index contributed by atoms with van der Waals surface area (Å²) in [6.07, 6.45) is 3.22. The predicted octanol–water partition coefficient (Wildman–Crippen LogP) is 4.30. The molecule has 0 spiro atoms. The zero-order valence-corrected chi connectivity index (χ0v) is 19.2. The lowest BCUT2D eigenvalue weighted by Crippen LogP contribution is -2.25. The number of imidazole rings is 1. The number of hydrogen-bond donors (Lipinski definition) is 4. The van der Waals surface area contributed by atoms with E-state index in [-0.39, 0.29) is 41.1 Å². The molecule has 11 heteroatoms. The molecule has 8 nitrogen and oxygen atoms in total. The number of nitrogens with zero attached hydrogens (tertiary/aromatic N) is 2. The first kappa shape index (κ1) is 24.2. The number of hydroxylamine groups is 1. The van der Waals surface area contributed by atoms with Crippen LogP contribution in [0.3, 0.4) is 0 Å². The zero-order valence-electron chi connectivity index (χ0n) is 17.7. The van der Waals surface area contributed by atoms with E-state index in [1.54, 1.807) is 24.5 Å². The summed E-state index contributed by atoms with van der Waals surface area (Å²) < 4.78 is 23.3. The van der Waals surface area contributed by atoms with Crippen LogP contribution in [0.2, 0.25) is 10.0 Å². The first-order valence-corrected chi connectivity index (χ1v) is 11.4. The van der Waals surface area contributed by atoms with Crippen LogP contribution in [0.15, 0.2) is 30.6 Å². The van der Waals surface area contributed by atoms with Gasteiger partial charge in [0, 0.05) is 17.2 Å². The lowest BCUT2D eigenvalue weighted by atomic mass is 10.1. The molecule has 33 heavy (non-hydrogen) atoms. The lowest BCUT2D eigenvalue weighted by Gasteiger charge is -2.23. The van der Waals surface area contributed by atoms with Crippen LogP contribution in [0.1, 0.15) is 31.1 Å². The maximum Gasteiger partial charge on any atom is 0.174 e. The van der Waals surface area contributed by atoms with Crippen LogP contribution in [0, 0.1) is 5.82 Å². The van der Waals surface area contributed by atoms with E-state index < -0.39 is 12.0 Å². The van der Waals surface area contributed by atoms with Crippen LogP contribution in [0.25, 0.3) is 11.0 Å². The van der Waals surface area contributed by atoms with Crippen molar-refractivity contribution in [2.24, 2.45) is 0 Å². The van der Waals surface area contributed by atoms with E-state index >= 15 is 4.39 Å². The Balaban J connectivity index is 1.73. The second kappa shape index (κ2) is 11.0. The summed E-state index contributed by atoms with van der Waals surface area (Å²) in [7, 11) is 0. The second-order valence-corrected chi connectivity index (χ2v) is 8.59. The van der Waals surface area contributed by atoms with E-state index in [4.69, 9.17) is 37.9 Å². The third kappa shape index (κ3) is 5.58. The molecule has 2 unspecified atom stereocenters. The largest absolute Gasteiger partial charge is 0.394 e. The van der Waals surface area contributed by atoms with Gasteiger partial charge >= 0.3 is 0 Å². The van der Waals surface area contributed by atoms with Gasteiger partial charge in [-0.15, -0.1) is 0 Å². The number of nitrogens with one attached hydrogen (secondary N) is 2. The van der Waals surface area contributed by atoms with Crippen LogP contribution >= 0.6 is 23.2 Å². The van der Waals surface area contributed by atoms with Gasteiger partial charge in [0.05, 0.1) is 54.1 Å². The quantitative estimate of drug-likeness (QED) is 0.198. The number of benzene rings is 2. The Morgan fingerprint density at radius 3 is 2.88 bits per heavy atom. The van der Waals surface area contributed by atoms with Gasteiger partial charge in [-0.25, -0.2) is 9.37 Å². The monoisotopic (exact) mass is 498 g/mol. The molecule has 0 amide bonds. The summed E-state index contributed by atoms with van der Waals surface area (Å²) in [6.45, 7) is 0.935. The molecule has 1 saturated heterocycles. The number of aliphatic hydroxyl groups is 2. The number of halogens is 3. The predicted molar refractivity (Wildman–Crippen MR) is 124 cm³/mol. The fraction of sp³-hybridized carbons (Fsp3) is 0.409. The van der Waals surface area contributed by atoms with Crippen molar-refractivity contribution in [1.29, 1.82) is 0 Å². The van der Waals surface area contributed by atoms with E-state index in [1.807, 2.05) is 4.57 Å². The molecule has 0 aliphatic carbocycles. The number of aromatic nitrogens is 2. The number of rotatable bonds is 9. The minimum absolute atomic E-state index is 0.0153. The van der Waals surface area contributed by atoms with Crippen molar-refractivity contribution in [3.05, 3.63) is 52.0 Å². The minimum Gasteiger partial charge on any atom is -0.394 e. The van der Waals surface area contributed by atoms with Crippen molar-refractivity contribution >= 4 is 45.6 Å². The molecule has 2 aromatic carbocycles. The molecule has 1 aromatic heterocycles. The molecule has 1 aliphatic rings. The lowest BCUT2D eigenvalue weighted by molar-refractivity contribution is -0.0674. The van der Waals surface area contributed by atoms with Crippen LogP contribution in [0.5, 0.6) is 0 Å². The summed E-state index contributed by atoms with van der Waals surface area (Å²) in [6, 6.07) is 6.39. The van der Waals surface area contributed by atoms with Crippen molar-refractivity contribution < 1.29 is 24.2 Å². The normalized spacial score (nSPS) is 17.4. The van der Waals surface area contributed by atoms with Crippen molar-refractivity contribution in [1.82, 2.24) is 15.0 Å². The summed E-state index contributed by atoms with van der Waals surface area (Å²) >= 11 is 12.2. The van der Waals surface area contributed by atoms with Crippen LogP contribution < -0.4 is 10.8 Å². The SMILES string of the molecule is OCCONC(O)c1cc2c(ncn2CC2CCCCO2)c(F)c1Nc1ccc(Cl)cc1Cl. The molecule has 1 aliphatic heterocycles. The highest BCUT2D eigenvalue weighted by molar-refractivity contribution is 6.36. The average molecular weight is 499 g/mol. The summed E-state index contributed by atoms with van der Waals surface area (Å²) in [4.78, 5) is 9.31. The van der Waals surface area contributed by atoms with Crippen LogP contribution in [-0.4, -0.2) is 45.7 Å². The number of fused-ring (bicyclic) bond motifs is 1. The molecule has 0 radical (unpaired) electrons. The molecule has 0 saturated carbocycles. The topological polar surface area (TPSA) is 101 Å². The highest BCUT2D eigenvalue weighted by atomic mass is 35.5. The fourth-order valence-electron chi connectivity index (χ4n) is 3.81. The zero-order chi connectivity index (χ0) is 23.4. The van der Waals surface area contributed by atoms with Crippen molar-refractivity contribution in [3.63, 3.8) is 0 Å². The third-order valence-electron chi connectivity index (χ3n) is 5.43. The maximum atomic E-state index is 15.7. The fourth-order valence-corrected chi connectivity index (χ4v) is 4.26. The summed E-state index contributed by atoms with van der Waals surface area (Å²) in [5.74, 6) is -0.653. The smallest absolute Gasteiger partial charge is 0.174 e. The number of aliphatic hydroxyl groups excluding tert-OH is 2. The van der Waals surface area contributed by atoms with E-state index in [2.05, 4.69) is 15.8 Å². The Labute approximate surface area is 200 Å². The van der Waals surface area contributed by atoms with E-state index in [1.165, 1.54) is 6.07 Å². The summed E-state index contributed by atoms with van der Waals surface area (Å²) in [5.41, 5.74) is 3.63. The highest BCUT2D eigenvalue weighted by Crippen LogP contribution is 2.36. The van der Waals surface area contributed by atoms with Gasteiger partial charge in [0.1, 0.15) is 5.52 Å². The molecule has 2 heterocycles. The molecule has 2 atom stereocenters. The second-order valence-electron chi connectivity index (χ2n) is 7.75. The van der Waals surface area contributed by atoms with Gasteiger partial charge in [-0.1, -0.05) is 23.2 Å². The molecule has 4 N–H and O–H groups in total. The van der Waals surface area contributed by atoms with E-state index in [0.717, 1.165) is 19.3 Å². The Morgan fingerprint density at radius 1 is 1.30 bits per heavy atom. The highest BCUT2D eigenvalue weighted by Gasteiger charge is 2.24. The van der Waals surface area contributed by atoms with Crippen molar-refractivity contribution in [3.8, 4) is 0 Å². The maximum absolute atomic E-state index is 15.7. The van der Waals surface area contributed by atoms with Gasteiger partial charge < -0.3 is 24.8 Å². The van der Waals surface area contributed by atoms with Crippen molar-refractivity contribution in [2.45, 2.75) is 38.1 Å². The Kier molecular flexibility index (Phi) is 8.02. The van der Waals surface area contributed by atoms with Gasteiger partial charge in [-0.2, -0.15) is 5.48 Å². The van der Waals surface area contributed by atoms with Gasteiger partial charge in [-0.3, -0.25) is 4.84 Å². The first-order valence-electron chi connectivity index (χ1n) is 10.6. The van der Waals surface area contributed by atoms with Crippen molar-refractivity contribution in [2.75, 3.05) is 25.1 Å². The molecule has 4 rings (SSSR count). The Morgan fingerprint density at radius 2 is 2.15 bits per heavy atom. The van der Waals surface area contributed by atoms with Crippen LogP contribution in [0.4, 0.5) is 15.8 Å². The standard InChI is InChI=1S/C22H25Cl2FN4O4/c23-13-4-5-17(16(24)9-13)27-20-15(22(31)28-33-8-6-30)10-18-21(19(20)25)26-12-29(18)11-14-3-1-2-7-32-14/h4-5,9-10,12,14,22,27-28,30-31H,1-3,6-8,11H2. The van der Waals surface area contributed by atoms with Gasteiger partial charge in [0.2, 0.25) is 0 Å². The van der Waals surface area contributed by atoms with E-state index in [9.17, 15) is 5.11 Å².